The van der Waals surface area contributed by atoms with Crippen LogP contribution in [0, 0.1) is 20.8 Å². The fourth-order valence-electron chi connectivity index (χ4n) is 13.6. The van der Waals surface area contributed by atoms with E-state index in [0.717, 1.165) is 167 Å². The third-order valence-electron chi connectivity index (χ3n) is 19.2. The Kier molecular flexibility index (Phi) is 25.9. The van der Waals surface area contributed by atoms with Crippen molar-refractivity contribution in [3.63, 3.8) is 0 Å². The summed E-state index contributed by atoms with van der Waals surface area (Å²) in [4.78, 5) is 43.5. The maximum atomic E-state index is 13.2. The quantitative estimate of drug-likeness (QED) is 0.0672. The van der Waals surface area contributed by atoms with Crippen LogP contribution < -0.4 is 19.8 Å². The van der Waals surface area contributed by atoms with E-state index < -0.39 is 47.1 Å². The summed E-state index contributed by atoms with van der Waals surface area (Å²) in [7, 11) is 5.80. The Morgan fingerprint density at radius 1 is 0.514 bits per heavy atom. The van der Waals surface area contributed by atoms with Crippen molar-refractivity contribution in [3.05, 3.63) is 162 Å². The number of fused-ring (bicyclic) bond motifs is 3. The number of carboxylic acid groups (broad SMARTS) is 1. The van der Waals surface area contributed by atoms with E-state index in [-0.39, 0.29) is 24.3 Å². The number of aliphatic carboxylic acids is 1. The molecule has 3 atom stereocenters. The topological polar surface area (TPSA) is 179 Å². The van der Waals surface area contributed by atoms with E-state index >= 15 is 0 Å². The number of carboxylic acids is 1. The van der Waals surface area contributed by atoms with Crippen molar-refractivity contribution in [3.8, 4) is 71.8 Å². The molecule has 0 amide bonds. The maximum absolute atomic E-state index is 13.2. The lowest BCUT2D eigenvalue weighted by Gasteiger charge is -2.32. The van der Waals surface area contributed by atoms with Gasteiger partial charge < -0.3 is 66.0 Å². The number of ether oxygens (including phenoxy) is 8. The summed E-state index contributed by atoms with van der Waals surface area (Å²) in [6.45, 7) is 38.1. The second-order valence-corrected chi connectivity index (χ2v) is 35.7. The summed E-state index contributed by atoms with van der Waals surface area (Å²) in [5.41, 5.74) is 12.9. The molecule has 3 aromatic carbocycles. The van der Waals surface area contributed by atoms with Crippen LogP contribution in [0.2, 0.25) is 4.34 Å². The molecule has 0 radical (unpaired) electrons. The SMILES string of the molecule is CCOC(=O)C(OC(C)(C)C)c1c(C)sc(-c2cccn2C)c1-c1ccc2c(c1)CCCO2.CCOC(=O)C(OC(C)(C)C)c1c(C)sc(Cl)c1-c1ccc2c(c1)CCCO2.Cc1sc(-c2cccn2C)c(-c2ccc3c(c2)CCCO3)c1C(OC(C)(C)C)C(=O)O.Cn1cccc1B1OC(C)(C)C(C)(C)O1. The fraction of sp³-hybridized carbons (Fsp3) is 0.471. The van der Waals surface area contributed by atoms with Gasteiger partial charge in [0.15, 0.2) is 18.3 Å². The van der Waals surface area contributed by atoms with Crippen molar-refractivity contribution in [1.82, 2.24) is 13.7 Å². The first kappa shape index (κ1) is 82.1. The first-order valence-electron chi connectivity index (χ1n) is 37.0. The zero-order valence-electron chi connectivity index (χ0n) is 66.2. The molecule has 4 aliphatic rings. The van der Waals surface area contributed by atoms with Crippen molar-refractivity contribution in [2.24, 2.45) is 21.1 Å². The Hall–Kier alpha value is -7.44. The van der Waals surface area contributed by atoms with Crippen molar-refractivity contribution >= 4 is 76.2 Å². The van der Waals surface area contributed by atoms with Gasteiger partial charge in [0.05, 0.1) is 82.2 Å². The average Bonchev–Trinajstić information content (AvgIpc) is 1.64. The van der Waals surface area contributed by atoms with E-state index in [9.17, 15) is 19.5 Å². The summed E-state index contributed by atoms with van der Waals surface area (Å²) in [5.74, 6) is 1.08. The Balaban J connectivity index is 0.000000157. The number of rotatable bonds is 17. The Morgan fingerprint density at radius 2 is 0.860 bits per heavy atom. The predicted octanol–water partition coefficient (Wildman–Crippen LogP) is 19.9. The molecule has 0 saturated carbocycles. The molecule has 1 N–H and O–H groups in total. The Bertz CT molecular complexity index is 4610. The fourth-order valence-corrected chi connectivity index (χ4v) is 17.6. The second kappa shape index (κ2) is 33.8. The molecule has 17 nitrogen and oxygen atoms in total. The Morgan fingerprint density at radius 3 is 1.21 bits per heavy atom. The maximum Gasteiger partial charge on any atom is 0.512 e. The third kappa shape index (κ3) is 19.2. The molecule has 13 rings (SSSR count). The smallest absolute Gasteiger partial charge is 0.493 e. The van der Waals surface area contributed by atoms with E-state index in [2.05, 4.69) is 86.2 Å². The highest BCUT2D eigenvalue weighted by Gasteiger charge is 2.52. The van der Waals surface area contributed by atoms with Crippen LogP contribution >= 0.6 is 45.6 Å². The van der Waals surface area contributed by atoms with E-state index in [4.69, 9.17) is 58.8 Å². The zero-order chi connectivity index (χ0) is 77.8. The number of nitrogens with zero attached hydrogens (tertiary/aromatic N) is 3. The number of hydrogen-bond acceptors (Lipinski definition) is 16. The summed E-state index contributed by atoms with van der Waals surface area (Å²) in [5, 5.41) is 10.1. The van der Waals surface area contributed by atoms with Crippen LogP contribution in [0.5, 0.6) is 17.2 Å². The lowest BCUT2D eigenvalue weighted by Crippen LogP contribution is -2.41. The van der Waals surface area contributed by atoms with E-state index in [0.29, 0.717) is 17.6 Å². The third-order valence-corrected chi connectivity index (χ3v) is 22.8. The number of thiophene rings is 3. The van der Waals surface area contributed by atoms with Gasteiger partial charge in [0.25, 0.3) is 0 Å². The second-order valence-electron chi connectivity index (χ2n) is 31.4. The van der Waals surface area contributed by atoms with Gasteiger partial charge in [-0.3, -0.25) is 0 Å². The molecule has 3 unspecified atom stereocenters. The van der Waals surface area contributed by atoms with Gasteiger partial charge in [-0.25, -0.2) is 14.4 Å². The van der Waals surface area contributed by atoms with Crippen molar-refractivity contribution in [2.75, 3.05) is 33.0 Å². The number of aryl methyl sites for hydroxylation is 9. The molecule has 10 heterocycles. The lowest BCUT2D eigenvalue weighted by molar-refractivity contribution is -0.167. The molecule has 574 valence electrons. The molecule has 4 aliphatic heterocycles. The molecule has 0 bridgehead atoms. The van der Waals surface area contributed by atoms with Gasteiger partial charge in [-0.15, -0.1) is 34.0 Å². The molecule has 1 fully saturated rings. The molecule has 107 heavy (non-hydrogen) atoms. The highest BCUT2D eigenvalue weighted by atomic mass is 35.5. The van der Waals surface area contributed by atoms with E-state index in [1.165, 1.54) is 28.0 Å². The molecule has 1 saturated heterocycles. The van der Waals surface area contributed by atoms with Crippen molar-refractivity contribution in [1.29, 1.82) is 0 Å². The minimum atomic E-state index is -1.05. The molecule has 0 spiro atoms. The minimum Gasteiger partial charge on any atom is -0.493 e. The van der Waals surface area contributed by atoms with Crippen LogP contribution in [-0.2, 0) is 87.8 Å². The summed E-state index contributed by atoms with van der Waals surface area (Å²) >= 11 is 11.4. The highest BCUT2D eigenvalue weighted by molar-refractivity contribution is 7.17. The molecular weight excluding hydrogens is 1430 g/mol. The van der Waals surface area contributed by atoms with E-state index in [1.54, 1.807) is 29.6 Å². The number of aromatic nitrogens is 3. The summed E-state index contributed by atoms with van der Waals surface area (Å²) < 4.78 is 65.5. The van der Waals surface area contributed by atoms with Crippen LogP contribution in [0.1, 0.15) is 189 Å². The monoisotopic (exact) mass is 1540 g/mol. The predicted molar refractivity (Wildman–Crippen MR) is 432 cm³/mol. The summed E-state index contributed by atoms with van der Waals surface area (Å²) in [6.07, 6.45) is 9.28. The molecule has 6 aromatic heterocycles. The average molecular weight is 1540 g/mol. The number of halogens is 1. The number of hydrogen-bond donors (Lipinski definition) is 1. The van der Waals surface area contributed by atoms with Crippen molar-refractivity contribution < 1.29 is 66.7 Å². The van der Waals surface area contributed by atoms with Crippen LogP contribution in [0.25, 0.3) is 54.5 Å². The molecule has 0 aliphatic carbocycles. The Labute approximate surface area is 649 Å². The molecule has 9 aromatic rings. The normalized spacial score (nSPS) is 15.9. The van der Waals surface area contributed by atoms with Gasteiger partial charge in [-0.1, -0.05) is 29.8 Å². The molecular formula is C85H107BClN3O14S3. The minimum absolute atomic E-state index is 0.255. The highest BCUT2D eigenvalue weighted by Crippen LogP contribution is 2.52. The van der Waals surface area contributed by atoms with Crippen LogP contribution in [0.3, 0.4) is 0 Å². The molecule has 22 heteroatoms. The first-order chi connectivity index (χ1) is 50.4. The zero-order valence-corrected chi connectivity index (χ0v) is 69.4. The van der Waals surface area contributed by atoms with Gasteiger partial charge in [0.2, 0.25) is 0 Å². The van der Waals surface area contributed by atoms with E-state index in [1.807, 2.05) is 176 Å². The largest absolute Gasteiger partial charge is 0.512 e. The summed E-state index contributed by atoms with van der Waals surface area (Å²) in [6, 6.07) is 30.9. The van der Waals surface area contributed by atoms with Gasteiger partial charge in [-0.05, 0) is 269 Å². The number of carbonyl (C=O) groups is 3. The van der Waals surface area contributed by atoms with Crippen LogP contribution in [0.15, 0.2) is 110 Å². The van der Waals surface area contributed by atoms with Crippen LogP contribution in [0.4, 0.5) is 0 Å². The van der Waals surface area contributed by atoms with Crippen molar-refractivity contribution in [2.45, 2.75) is 209 Å². The van der Waals surface area contributed by atoms with Gasteiger partial charge in [0.1, 0.15) is 21.6 Å². The first-order valence-corrected chi connectivity index (χ1v) is 39.9. The van der Waals surface area contributed by atoms with Gasteiger partial charge in [-0.2, -0.15) is 0 Å². The lowest BCUT2D eigenvalue weighted by atomic mass is 9.85. The number of carbonyl (C=O) groups excluding carboxylic acids is 2. The number of benzene rings is 3. The van der Waals surface area contributed by atoms with Crippen LogP contribution in [-0.4, -0.2) is 105 Å². The van der Waals surface area contributed by atoms with Gasteiger partial charge in [0, 0.05) is 93.3 Å². The van der Waals surface area contributed by atoms with Gasteiger partial charge >= 0.3 is 25.0 Å². The standard InChI is InChI=1S/C27H33NO4S.C25H29NO4S.C22H27ClO4S.C11H18BNO2/c1-7-30-26(29)24(32-27(3,4)5)22-17(2)33-25(20-11-8-14-28(20)6)23(22)19-12-13-21-18(16-19)10-9-15-31-21;1-15-20(22(24(27)28)30-25(2,3)4)21(23(31-15)18-9-6-12-26(18)5)17-10-11-19-16(14-17)8-7-13-29-19;1-6-25-21(24)19(27-22(3,4)5)17-13(2)28-20(23)18(17)15-9-10-16-14(12-15)8-7-11-26-16;1-10(2)11(3,4)15-12(14-10)9-7-6-8-13(9)5/h8,11-14,16,24H,7,9-10,15H2,1-6H3;6,9-12,14,22H,7-8,13H2,1-5H3,(H,27,28);9-10,12,19H,6-8,11H2,1-5H3;6-8H,1-5H3. The number of esters is 2.